The molecule has 0 atom stereocenters. The van der Waals surface area contributed by atoms with Gasteiger partial charge in [-0.05, 0) is 56.3 Å². The van der Waals surface area contributed by atoms with Crippen molar-refractivity contribution in [2.75, 3.05) is 0 Å². The van der Waals surface area contributed by atoms with Crippen LogP contribution < -0.4 is 4.74 Å². The Bertz CT molecular complexity index is 2180. The molecule has 0 radical (unpaired) electrons. The summed E-state index contributed by atoms with van der Waals surface area (Å²) < 4.78 is 7.35. The van der Waals surface area contributed by atoms with E-state index in [0.29, 0.717) is 0 Å². The third kappa shape index (κ3) is 3.66. The molecular formula is C43H30O. The number of hydrogen-bond donors (Lipinski definition) is 0. The molecule has 0 spiro atoms. The zero-order valence-corrected chi connectivity index (χ0v) is 24.3. The highest BCUT2D eigenvalue weighted by molar-refractivity contribution is 6.17. The predicted octanol–water partition coefficient (Wildman–Crippen LogP) is 11.2. The zero-order chi connectivity index (χ0) is 29.1. The van der Waals surface area contributed by atoms with Crippen LogP contribution in [-0.4, -0.2) is 0 Å². The lowest BCUT2D eigenvalue weighted by Crippen LogP contribution is -2.37. The Morgan fingerprint density at radius 3 is 1.00 bits per heavy atom. The van der Waals surface area contributed by atoms with Gasteiger partial charge < -0.3 is 4.74 Å². The van der Waals surface area contributed by atoms with Crippen LogP contribution in [0.15, 0.2) is 158 Å². The van der Waals surface area contributed by atoms with Crippen LogP contribution >= 0.6 is 0 Å². The lowest BCUT2D eigenvalue weighted by atomic mass is 9.62. The van der Waals surface area contributed by atoms with E-state index in [2.05, 4.69) is 158 Å². The van der Waals surface area contributed by atoms with Gasteiger partial charge in [0.1, 0.15) is 11.5 Å². The van der Waals surface area contributed by atoms with Gasteiger partial charge in [0.25, 0.3) is 0 Å². The third-order valence-corrected chi connectivity index (χ3v) is 9.63. The van der Waals surface area contributed by atoms with Crippen LogP contribution in [0.5, 0.6) is 11.5 Å². The van der Waals surface area contributed by atoms with Gasteiger partial charge in [-0.3, -0.25) is 0 Å². The van der Waals surface area contributed by atoms with Gasteiger partial charge in [-0.1, -0.05) is 158 Å². The summed E-state index contributed by atoms with van der Waals surface area (Å²) in [4.78, 5) is 0. The maximum absolute atomic E-state index is 7.35. The van der Waals surface area contributed by atoms with Crippen molar-refractivity contribution >= 4 is 43.1 Å². The molecule has 0 aromatic heterocycles. The summed E-state index contributed by atoms with van der Waals surface area (Å²) in [7, 11) is 0. The van der Waals surface area contributed by atoms with Crippen LogP contribution in [0.25, 0.3) is 43.1 Å². The molecule has 1 aliphatic heterocycles. The summed E-state index contributed by atoms with van der Waals surface area (Å²) >= 11 is 0. The molecule has 1 nitrogen and oxygen atoms in total. The summed E-state index contributed by atoms with van der Waals surface area (Å²) in [5.74, 6) is 1.97. The van der Waals surface area contributed by atoms with E-state index in [1.54, 1.807) is 0 Å². The molecular weight excluding hydrogens is 532 g/mol. The topological polar surface area (TPSA) is 9.23 Å². The van der Waals surface area contributed by atoms with Crippen molar-refractivity contribution in [2.24, 2.45) is 0 Å². The summed E-state index contributed by atoms with van der Waals surface area (Å²) in [5, 5.41) is 9.83. The van der Waals surface area contributed by atoms with Crippen molar-refractivity contribution in [2.45, 2.75) is 18.3 Å². The summed E-state index contributed by atoms with van der Waals surface area (Å²) in [6, 6.07) is 57.5. The quantitative estimate of drug-likeness (QED) is 0.194. The second kappa shape index (κ2) is 9.82. The van der Waals surface area contributed by atoms with Crippen molar-refractivity contribution < 1.29 is 4.74 Å². The molecule has 1 heteroatoms. The van der Waals surface area contributed by atoms with Crippen LogP contribution in [0, 0.1) is 0 Å². The van der Waals surface area contributed by atoms with E-state index in [0.717, 1.165) is 35.1 Å². The van der Waals surface area contributed by atoms with Crippen LogP contribution in [0.4, 0.5) is 0 Å². The van der Waals surface area contributed by atoms with Crippen LogP contribution in [-0.2, 0) is 18.3 Å². The van der Waals surface area contributed by atoms with Gasteiger partial charge in [0.2, 0.25) is 0 Å². The molecule has 1 heterocycles. The molecule has 44 heavy (non-hydrogen) atoms. The third-order valence-electron chi connectivity index (χ3n) is 9.63. The lowest BCUT2D eigenvalue weighted by Gasteiger charge is -2.43. The Morgan fingerprint density at radius 1 is 0.318 bits per heavy atom. The Kier molecular flexibility index (Phi) is 5.61. The van der Waals surface area contributed by atoms with Crippen molar-refractivity contribution in [1.29, 1.82) is 0 Å². The first kappa shape index (κ1) is 25.1. The maximum Gasteiger partial charge on any atom is 0.140 e. The highest BCUT2D eigenvalue weighted by Gasteiger charge is 2.46. The predicted molar refractivity (Wildman–Crippen MR) is 184 cm³/mol. The molecule has 0 amide bonds. The summed E-state index contributed by atoms with van der Waals surface area (Å²) in [6.07, 6.45) is 1.69. The molecule has 0 fully saturated rings. The molecule has 0 aliphatic carbocycles. The Morgan fingerprint density at radius 2 is 0.614 bits per heavy atom. The first-order valence-electron chi connectivity index (χ1n) is 15.5. The molecule has 8 aromatic rings. The molecule has 0 N–H and O–H groups in total. The molecule has 208 valence electrons. The highest BCUT2D eigenvalue weighted by Crippen LogP contribution is 2.59. The number of benzene rings is 8. The van der Waals surface area contributed by atoms with Crippen molar-refractivity contribution in [3.8, 4) is 11.5 Å². The minimum Gasteiger partial charge on any atom is -0.455 e. The second-order valence-corrected chi connectivity index (χ2v) is 12.1. The van der Waals surface area contributed by atoms with Gasteiger partial charge in [-0.2, -0.15) is 0 Å². The Balaban J connectivity index is 1.54. The van der Waals surface area contributed by atoms with E-state index in [9.17, 15) is 0 Å². The average Bonchev–Trinajstić information content (AvgIpc) is 3.09. The van der Waals surface area contributed by atoms with Gasteiger partial charge >= 0.3 is 0 Å². The molecule has 9 rings (SSSR count). The van der Waals surface area contributed by atoms with E-state index in [1.165, 1.54) is 54.6 Å². The van der Waals surface area contributed by atoms with Crippen molar-refractivity contribution in [3.05, 3.63) is 180 Å². The number of ether oxygens (including phenoxy) is 1. The monoisotopic (exact) mass is 562 g/mol. The van der Waals surface area contributed by atoms with Crippen LogP contribution in [0.2, 0.25) is 0 Å². The second-order valence-electron chi connectivity index (χ2n) is 12.1. The van der Waals surface area contributed by atoms with Gasteiger partial charge in [-0.25, -0.2) is 0 Å². The van der Waals surface area contributed by atoms with Crippen LogP contribution in [0.1, 0.15) is 22.3 Å². The maximum atomic E-state index is 7.35. The summed E-state index contributed by atoms with van der Waals surface area (Å²) in [5.41, 5.74) is 4.78. The molecule has 0 saturated heterocycles. The van der Waals surface area contributed by atoms with E-state index >= 15 is 0 Å². The highest BCUT2D eigenvalue weighted by atomic mass is 16.5. The molecule has 0 bridgehead atoms. The standard InChI is InChI=1S/C43H30O/c1-3-15-29(16-4-1)27-43(28-30-17-5-2-6-18-30)39-35-23-11-7-19-31(35)33-21-9-13-25-37(33)41(39)44-42-38-26-14-10-22-34(38)32-20-8-12-24-36(32)40(42)43/h1-26H,27-28H2. The lowest BCUT2D eigenvalue weighted by molar-refractivity contribution is 0.399. The fourth-order valence-electron chi connectivity index (χ4n) is 7.91. The molecule has 0 saturated carbocycles. The average molecular weight is 563 g/mol. The van der Waals surface area contributed by atoms with E-state index in [4.69, 9.17) is 4.74 Å². The van der Waals surface area contributed by atoms with Crippen LogP contribution in [0.3, 0.4) is 0 Å². The Hall–Kier alpha value is -5.40. The Labute approximate surface area is 257 Å². The minimum absolute atomic E-state index is 0.418. The largest absolute Gasteiger partial charge is 0.455 e. The molecule has 1 aliphatic rings. The number of rotatable bonds is 4. The van der Waals surface area contributed by atoms with E-state index < -0.39 is 5.41 Å². The SMILES string of the molecule is c1ccc(CC2(Cc3ccccc3)c3c(c4ccccc4c4ccccc34)Oc3c2c2ccccc2c2ccccc32)cc1. The molecule has 8 aromatic carbocycles. The van der Waals surface area contributed by atoms with Gasteiger partial charge in [-0.15, -0.1) is 0 Å². The normalized spacial score (nSPS) is 13.5. The number of fused-ring (bicyclic) bond motifs is 12. The summed E-state index contributed by atoms with van der Waals surface area (Å²) in [6.45, 7) is 0. The molecule has 0 unspecified atom stereocenters. The van der Waals surface area contributed by atoms with E-state index in [-0.39, 0.29) is 0 Å². The van der Waals surface area contributed by atoms with Crippen molar-refractivity contribution in [1.82, 2.24) is 0 Å². The van der Waals surface area contributed by atoms with Gasteiger partial charge in [0.15, 0.2) is 0 Å². The zero-order valence-electron chi connectivity index (χ0n) is 24.3. The first-order chi connectivity index (χ1) is 21.8. The van der Waals surface area contributed by atoms with Gasteiger partial charge in [0, 0.05) is 27.3 Å². The fraction of sp³-hybridized carbons (Fsp3) is 0.0698. The van der Waals surface area contributed by atoms with Gasteiger partial charge in [0.05, 0.1) is 0 Å². The van der Waals surface area contributed by atoms with E-state index in [1.807, 2.05) is 0 Å². The van der Waals surface area contributed by atoms with Crippen molar-refractivity contribution in [3.63, 3.8) is 0 Å². The fourth-order valence-corrected chi connectivity index (χ4v) is 7.91. The smallest absolute Gasteiger partial charge is 0.140 e. The minimum atomic E-state index is -0.418. The first-order valence-corrected chi connectivity index (χ1v) is 15.5. The number of hydrogen-bond acceptors (Lipinski definition) is 1.